The van der Waals surface area contributed by atoms with Crippen molar-refractivity contribution < 1.29 is 9.53 Å². The Hall–Kier alpha value is -2.90. The van der Waals surface area contributed by atoms with Crippen LogP contribution in [0.2, 0.25) is 0 Å². The van der Waals surface area contributed by atoms with Crippen molar-refractivity contribution in [2.75, 3.05) is 33.1 Å². The molecule has 3 rings (SSSR count). The number of anilines is 2. The maximum atomic E-state index is 12.4. The molecule has 2 aromatic carbocycles. The van der Waals surface area contributed by atoms with Crippen LogP contribution in [0.1, 0.15) is 21.6 Å². The topological polar surface area (TPSA) is 66.5 Å². The minimum absolute atomic E-state index is 0.159. The average Bonchev–Trinajstić information content (AvgIpc) is 3.17. The van der Waals surface area contributed by atoms with Gasteiger partial charge in [0, 0.05) is 24.2 Å². The van der Waals surface area contributed by atoms with Crippen LogP contribution in [0.4, 0.5) is 10.8 Å². The number of aromatic nitrogens is 1. The number of nitrogens with one attached hydrogen (secondary N) is 2. The summed E-state index contributed by atoms with van der Waals surface area (Å²) in [6.07, 6.45) is 0.786. The van der Waals surface area contributed by atoms with Crippen LogP contribution in [0, 0.1) is 0 Å². The Morgan fingerprint density at radius 3 is 2.62 bits per heavy atom. The third kappa shape index (κ3) is 6.30. The largest absolute Gasteiger partial charge is 0.497 e. The SMILES string of the molecule is COc1ccc(Nc2nc(C(=O)NCCc3cccc(CN(C)C)c3)cs2)cc1. The predicted molar refractivity (Wildman–Crippen MR) is 118 cm³/mol. The molecule has 0 fully saturated rings. The number of carbonyl (C=O) groups excluding carboxylic acids is 1. The highest BCUT2D eigenvalue weighted by atomic mass is 32.1. The van der Waals surface area contributed by atoms with Crippen LogP contribution < -0.4 is 15.4 Å². The maximum Gasteiger partial charge on any atom is 0.270 e. The van der Waals surface area contributed by atoms with Gasteiger partial charge in [-0.25, -0.2) is 4.98 Å². The standard InChI is InChI=1S/C22H26N4O2S/c1-26(2)14-17-6-4-5-16(13-17)11-12-23-21(27)20-15-29-22(25-20)24-18-7-9-19(28-3)10-8-18/h4-10,13,15H,11-12,14H2,1-3H3,(H,23,27)(H,24,25). The summed E-state index contributed by atoms with van der Waals surface area (Å²) in [4.78, 5) is 18.9. The number of ether oxygens (including phenoxy) is 1. The molecule has 0 radical (unpaired) electrons. The van der Waals surface area contributed by atoms with Crippen molar-refractivity contribution in [2.24, 2.45) is 0 Å². The zero-order valence-corrected chi connectivity index (χ0v) is 17.8. The van der Waals surface area contributed by atoms with Crippen molar-refractivity contribution >= 4 is 28.1 Å². The lowest BCUT2D eigenvalue weighted by atomic mass is 10.1. The van der Waals surface area contributed by atoms with Crippen LogP contribution >= 0.6 is 11.3 Å². The molecule has 0 spiro atoms. The molecule has 1 aromatic heterocycles. The molecule has 1 amide bonds. The molecular formula is C22H26N4O2S. The van der Waals surface area contributed by atoms with Crippen molar-refractivity contribution in [2.45, 2.75) is 13.0 Å². The second-order valence-corrected chi connectivity index (χ2v) is 7.81. The summed E-state index contributed by atoms with van der Waals surface area (Å²) in [5, 5.41) is 8.59. The van der Waals surface area contributed by atoms with Gasteiger partial charge in [-0.1, -0.05) is 24.3 Å². The molecule has 0 aliphatic carbocycles. The van der Waals surface area contributed by atoms with Gasteiger partial charge in [0.05, 0.1) is 7.11 Å². The van der Waals surface area contributed by atoms with Crippen LogP contribution in [-0.4, -0.2) is 43.5 Å². The Morgan fingerprint density at radius 1 is 1.14 bits per heavy atom. The number of carbonyl (C=O) groups is 1. The van der Waals surface area contributed by atoms with Gasteiger partial charge in [-0.15, -0.1) is 11.3 Å². The monoisotopic (exact) mass is 410 g/mol. The number of amides is 1. The Labute approximate surface area is 175 Å². The van der Waals surface area contributed by atoms with Crippen LogP contribution in [0.5, 0.6) is 5.75 Å². The molecule has 152 valence electrons. The minimum Gasteiger partial charge on any atom is -0.497 e. The third-order valence-electron chi connectivity index (χ3n) is 4.27. The van der Waals surface area contributed by atoms with E-state index in [9.17, 15) is 4.79 Å². The van der Waals surface area contributed by atoms with E-state index >= 15 is 0 Å². The van der Waals surface area contributed by atoms with Crippen molar-refractivity contribution in [1.82, 2.24) is 15.2 Å². The van der Waals surface area contributed by atoms with Gasteiger partial charge < -0.3 is 20.3 Å². The van der Waals surface area contributed by atoms with E-state index in [1.807, 2.05) is 24.3 Å². The molecule has 6 nitrogen and oxygen atoms in total. The van der Waals surface area contributed by atoms with Gasteiger partial charge in [0.25, 0.3) is 5.91 Å². The fourth-order valence-corrected chi connectivity index (χ4v) is 3.60. The molecule has 0 bridgehead atoms. The molecule has 29 heavy (non-hydrogen) atoms. The highest BCUT2D eigenvalue weighted by Gasteiger charge is 2.10. The summed E-state index contributed by atoms with van der Waals surface area (Å²) < 4.78 is 5.15. The highest BCUT2D eigenvalue weighted by Crippen LogP contribution is 2.22. The fraction of sp³-hybridized carbons (Fsp3) is 0.273. The lowest BCUT2D eigenvalue weighted by Crippen LogP contribution is -2.26. The van der Waals surface area contributed by atoms with Gasteiger partial charge >= 0.3 is 0 Å². The smallest absolute Gasteiger partial charge is 0.270 e. The van der Waals surface area contributed by atoms with Gasteiger partial charge in [0.2, 0.25) is 0 Å². The first-order chi connectivity index (χ1) is 14.0. The van der Waals surface area contributed by atoms with Crippen LogP contribution in [0.15, 0.2) is 53.9 Å². The minimum atomic E-state index is -0.159. The Kier molecular flexibility index (Phi) is 7.21. The number of benzene rings is 2. The van der Waals surface area contributed by atoms with Crippen LogP contribution in [0.3, 0.4) is 0 Å². The van der Waals surface area contributed by atoms with Gasteiger partial charge in [0.1, 0.15) is 11.4 Å². The average molecular weight is 411 g/mol. The summed E-state index contributed by atoms with van der Waals surface area (Å²) in [6, 6.07) is 16.0. The van der Waals surface area contributed by atoms with E-state index in [1.165, 1.54) is 22.5 Å². The predicted octanol–water partition coefficient (Wildman–Crippen LogP) is 3.93. The maximum absolute atomic E-state index is 12.4. The number of hydrogen-bond donors (Lipinski definition) is 2. The molecule has 0 saturated heterocycles. The van der Waals surface area contributed by atoms with E-state index < -0.39 is 0 Å². The van der Waals surface area contributed by atoms with Crippen molar-refractivity contribution in [1.29, 1.82) is 0 Å². The molecule has 7 heteroatoms. The zero-order chi connectivity index (χ0) is 20.6. The van der Waals surface area contributed by atoms with E-state index in [0.717, 1.165) is 24.4 Å². The molecule has 0 aliphatic heterocycles. The zero-order valence-electron chi connectivity index (χ0n) is 16.9. The lowest BCUT2D eigenvalue weighted by Gasteiger charge is -2.11. The van der Waals surface area contributed by atoms with E-state index in [0.29, 0.717) is 17.4 Å². The first-order valence-electron chi connectivity index (χ1n) is 9.41. The van der Waals surface area contributed by atoms with Crippen molar-refractivity contribution in [3.05, 3.63) is 70.7 Å². The molecule has 0 saturated carbocycles. The third-order valence-corrected chi connectivity index (χ3v) is 5.03. The summed E-state index contributed by atoms with van der Waals surface area (Å²) >= 11 is 1.40. The first kappa shape index (κ1) is 20.8. The Morgan fingerprint density at radius 2 is 1.90 bits per heavy atom. The molecular weight excluding hydrogens is 384 g/mol. The summed E-state index contributed by atoms with van der Waals surface area (Å²) in [5.41, 5.74) is 3.80. The van der Waals surface area contributed by atoms with Crippen LogP contribution in [0.25, 0.3) is 0 Å². The normalized spacial score (nSPS) is 10.8. The molecule has 2 N–H and O–H groups in total. The number of hydrogen-bond acceptors (Lipinski definition) is 6. The molecule has 0 unspecified atom stereocenters. The first-order valence-corrected chi connectivity index (χ1v) is 10.3. The van der Waals surface area contributed by atoms with Crippen molar-refractivity contribution in [3.8, 4) is 5.75 Å². The Balaban J connectivity index is 1.50. The summed E-state index contributed by atoms with van der Waals surface area (Å²) in [7, 11) is 5.74. The molecule has 0 aliphatic rings. The number of nitrogens with zero attached hydrogens (tertiary/aromatic N) is 2. The molecule has 0 atom stereocenters. The number of thiazole rings is 1. The lowest BCUT2D eigenvalue weighted by molar-refractivity contribution is 0.0950. The molecule has 3 aromatic rings. The van der Waals surface area contributed by atoms with E-state index in [1.54, 1.807) is 12.5 Å². The van der Waals surface area contributed by atoms with E-state index in [4.69, 9.17) is 4.74 Å². The summed E-state index contributed by atoms with van der Waals surface area (Å²) in [5.74, 6) is 0.635. The van der Waals surface area contributed by atoms with E-state index in [-0.39, 0.29) is 5.91 Å². The quantitative estimate of drug-likeness (QED) is 0.560. The van der Waals surface area contributed by atoms with Gasteiger partial charge in [-0.3, -0.25) is 4.79 Å². The summed E-state index contributed by atoms with van der Waals surface area (Å²) in [6.45, 7) is 1.48. The number of rotatable bonds is 9. The van der Waals surface area contributed by atoms with Crippen LogP contribution in [-0.2, 0) is 13.0 Å². The highest BCUT2D eigenvalue weighted by molar-refractivity contribution is 7.14. The fourth-order valence-electron chi connectivity index (χ4n) is 2.89. The number of methoxy groups -OCH3 is 1. The van der Waals surface area contributed by atoms with Gasteiger partial charge in [-0.2, -0.15) is 0 Å². The second-order valence-electron chi connectivity index (χ2n) is 6.96. The van der Waals surface area contributed by atoms with Gasteiger partial charge in [-0.05, 0) is 55.9 Å². The van der Waals surface area contributed by atoms with Gasteiger partial charge in [0.15, 0.2) is 5.13 Å². The van der Waals surface area contributed by atoms with E-state index in [2.05, 4.69) is 58.9 Å². The molecule has 1 heterocycles. The van der Waals surface area contributed by atoms with Crippen molar-refractivity contribution in [3.63, 3.8) is 0 Å². The Bertz CT molecular complexity index is 938. The second kappa shape index (κ2) is 10.0.